The van der Waals surface area contributed by atoms with E-state index in [1.807, 2.05) is 0 Å². The van der Waals surface area contributed by atoms with Gasteiger partial charge in [-0.1, -0.05) is 29.8 Å². The molecule has 1 heterocycles. The molecule has 0 saturated carbocycles. The summed E-state index contributed by atoms with van der Waals surface area (Å²) in [5.41, 5.74) is 1.24. The average Bonchev–Trinajstić information content (AvgIpc) is 2.72. The molecule has 6 heteroatoms. The number of rotatable bonds is 3. The minimum Gasteiger partial charge on any atom is -0.478 e. The van der Waals surface area contributed by atoms with E-state index in [1.54, 1.807) is 30.3 Å². The number of anilines is 1. The van der Waals surface area contributed by atoms with Crippen molar-refractivity contribution in [1.29, 1.82) is 0 Å². The molecule has 110 valence electrons. The first-order chi connectivity index (χ1) is 10.5. The second-order valence-corrected chi connectivity index (χ2v) is 5.28. The fraction of sp³-hybridized carbons (Fsp3) is 0.0625. The number of nitrogens with zero attached hydrogens (tertiary/aromatic N) is 1. The van der Waals surface area contributed by atoms with Gasteiger partial charge in [-0.3, -0.25) is 9.59 Å². The molecule has 1 aliphatic heterocycles. The van der Waals surface area contributed by atoms with Crippen molar-refractivity contribution in [2.24, 2.45) is 0 Å². The number of Topliss-reactive ketones (excluding diaryl/α,β-unsaturated/α-hetero) is 1. The summed E-state index contributed by atoms with van der Waals surface area (Å²) >= 11 is 5.85. The smallest absolute Gasteiger partial charge is 0.336 e. The van der Waals surface area contributed by atoms with E-state index >= 15 is 0 Å². The second-order valence-electron chi connectivity index (χ2n) is 4.84. The lowest BCUT2D eigenvalue weighted by Crippen LogP contribution is -2.29. The van der Waals surface area contributed by atoms with Crippen LogP contribution in [-0.2, 0) is 11.3 Å². The minimum absolute atomic E-state index is 0.0156. The first-order valence-electron chi connectivity index (χ1n) is 6.46. The van der Waals surface area contributed by atoms with Crippen LogP contribution in [0.4, 0.5) is 5.69 Å². The molecule has 0 spiro atoms. The van der Waals surface area contributed by atoms with Gasteiger partial charge in [0.25, 0.3) is 11.7 Å². The lowest BCUT2D eigenvalue weighted by molar-refractivity contribution is -0.114. The molecule has 22 heavy (non-hydrogen) atoms. The molecule has 0 atom stereocenters. The Morgan fingerprint density at radius 3 is 2.59 bits per heavy atom. The Morgan fingerprint density at radius 2 is 1.86 bits per heavy atom. The highest BCUT2D eigenvalue weighted by Gasteiger charge is 2.36. The normalized spacial score (nSPS) is 13.4. The quantitative estimate of drug-likeness (QED) is 0.884. The summed E-state index contributed by atoms with van der Waals surface area (Å²) in [5.74, 6) is -2.40. The maximum atomic E-state index is 12.1. The lowest BCUT2D eigenvalue weighted by Gasteiger charge is -2.17. The Bertz CT molecular complexity index is 816. The van der Waals surface area contributed by atoms with Crippen LogP contribution >= 0.6 is 11.6 Å². The number of benzene rings is 2. The molecule has 0 unspecified atom stereocenters. The molecule has 0 aliphatic carbocycles. The average molecular weight is 316 g/mol. The number of carbonyl (C=O) groups is 3. The molecule has 0 bridgehead atoms. The number of hydrogen-bond donors (Lipinski definition) is 1. The SMILES string of the molecule is O=C(O)c1ccccc1CN1C(=O)C(=O)c2cc(Cl)ccc21. The molecule has 1 N–H and O–H groups in total. The summed E-state index contributed by atoms with van der Waals surface area (Å²) in [6.07, 6.45) is 0. The van der Waals surface area contributed by atoms with Gasteiger partial charge in [0.1, 0.15) is 0 Å². The van der Waals surface area contributed by atoms with E-state index in [2.05, 4.69) is 0 Å². The van der Waals surface area contributed by atoms with Crippen LogP contribution in [0.1, 0.15) is 26.3 Å². The molecule has 0 aromatic heterocycles. The number of hydrogen-bond acceptors (Lipinski definition) is 3. The zero-order chi connectivity index (χ0) is 15.9. The molecule has 0 radical (unpaired) electrons. The highest BCUT2D eigenvalue weighted by Crippen LogP contribution is 2.32. The van der Waals surface area contributed by atoms with E-state index in [1.165, 1.54) is 17.0 Å². The number of fused-ring (bicyclic) bond motifs is 1. The van der Waals surface area contributed by atoms with E-state index in [0.717, 1.165) is 0 Å². The van der Waals surface area contributed by atoms with Gasteiger partial charge in [0.15, 0.2) is 0 Å². The monoisotopic (exact) mass is 315 g/mol. The molecule has 2 aromatic carbocycles. The first kappa shape index (κ1) is 14.3. The van der Waals surface area contributed by atoms with Gasteiger partial charge in [-0.25, -0.2) is 4.79 Å². The van der Waals surface area contributed by atoms with Crippen LogP contribution in [0.3, 0.4) is 0 Å². The third kappa shape index (κ3) is 2.25. The minimum atomic E-state index is -1.08. The maximum Gasteiger partial charge on any atom is 0.336 e. The molecule has 2 aromatic rings. The molecule has 0 fully saturated rings. The predicted molar refractivity (Wildman–Crippen MR) is 80.4 cm³/mol. The Morgan fingerprint density at radius 1 is 1.14 bits per heavy atom. The van der Waals surface area contributed by atoms with Crippen LogP contribution < -0.4 is 4.90 Å². The van der Waals surface area contributed by atoms with Crippen LogP contribution in [0.2, 0.25) is 5.02 Å². The molecule has 5 nitrogen and oxygen atoms in total. The van der Waals surface area contributed by atoms with Crippen molar-refractivity contribution in [3.63, 3.8) is 0 Å². The van der Waals surface area contributed by atoms with Crippen molar-refractivity contribution in [1.82, 2.24) is 0 Å². The van der Waals surface area contributed by atoms with E-state index in [-0.39, 0.29) is 17.7 Å². The van der Waals surface area contributed by atoms with Crippen LogP contribution in [0.15, 0.2) is 42.5 Å². The summed E-state index contributed by atoms with van der Waals surface area (Å²) in [4.78, 5) is 36.7. The summed E-state index contributed by atoms with van der Waals surface area (Å²) in [6.45, 7) is 0.0156. The van der Waals surface area contributed by atoms with Crippen LogP contribution in [-0.4, -0.2) is 22.8 Å². The largest absolute Gasteiger partial charge is 0.478 e. The summed E-state index contributed by atoms with van der Waals surface area (Å²) < 4.78 is 0. The zero-order valence-electron chi connectivity index (χ0n) is 11.2. The number of carbonyl (C=O) groups excluding carboxylic acids is 2. The Hall–Kier alpha value is -2.66. The van der Waals surface area contributed by atoms with Crippen LogP contribution in [0, 0.1) is 0 Å². The molecule has 0 saturated heterocycles. The van der Waals surface area contributed by atoms with E-state index in [4.69, 9.17) is 11.6 Å². The van der Waals surface area contributed by atoms with Gasteiger partial charge in [0.2, 0.25) is 0 Å². The van der Waals surface area contributed by atoms with Crippen molar-refractivity contribution in [2.45, 2.75) is 6.54 Å². The highest BCUT2D eigenvalue weighted by molar-refractivity contribution is 6.52. The summed E-state index contributed by atoms with van der Waals surface area (Å²) in [7, 11) is 0. The van der Waals surface area contributed by atoms with Crippen molar-refractivity contribution in [3.05, 3.63) is 64.2 Å². The van der Waals surface area contributed by atoms with Gasteiger partial charge in [-0.15, -0.1) is 0 Å². The number of carboxylic acids is 1. The fourth-order valence-electron chi connectivity index (χ4n) is 2.47. The fourth-order valence-corrected chi connectivity index (χ4v) is 2.64. The highest BCUT2D eigenvalue weighted by atomic mass is 35.5. The Kier molecular flexibility index (Phi) is 3.42. The van der Waals surface area contributed by atoms with Gasteiger partial charge < -0.3 is 10.0 Å². The third-order valence-corrected chi connectivity index (χ3v) is 3.74. The second kappa shape index (κ2) is 5.27. The Labute approximate surface area is 130 Å². The third-order valence-electron chi connectivity index (χ3n) is 3.51. The van der Waals surface area contributed by atoms with Crippen molar-refractivity contribution in [2.75, 3.05) is 4.90 Å². The van der Waals surface area contributed by atoms with Gasteiger partial charge in [0.05, 0.1) is 23.4 Å². The summed E-state index contributed by atoms with van der Waals surface area (Å²) in [5, 5.41) is 9.57. The number of halogens is 1. The van der Waals surface area contributed by atoms with Gasteiger partial charge in [0, 0.05) is 5.02 Å². The standard InChI is InChI=1S/C16H10ClNO4/c17-10-5-6-13-12(7-10)14(19)15(20)18(13)8-9-3-1-2-4-11(9)16(21)22/h1-7H,8H2,(H,21,22). The van der Waals surface area contributed by atoms with Crippen molar-refractivity contribution < 1.29 is 19.5 Å². The number of amides is 1. The van der Waals surface area contributed by atoms with Crippen molar-refractivity contribution >= 4 is 34.9 Å². The topological polar surface area (TPSA) is 74.7 Å². The van der Waals surface area contributed by atoms with Gasteiger partial charge in [-0.05, 0) is 29.8 Å². The summed E-state index contributed by atoms with van der Waals surface area (Å²) in [6, 6.07) is 11.0. The van der Waals surface area contributed by atoms with Crippen LogP contribution in [0.5, 0.6) is 0 Å². The molecular weight excluding hydrogens is 306 g/mol. The molecule has 3 rings (SSSR count). The maximum absolute atomic E-state index is 12.1. The lowest BCUT2D eigenvalue weighted by atomic mass is 10.1. The number of aromatic carboxylic acids is 1. The predicted octanol–water partition coefficient (Wildman–Crippen LogP) is 2.77. The molecule has 1 amide bonds. The molecular formula is C16H10ClNO4. The van der Waals surface area contributed by atoms with E-state index in [0.29, 0.717) is 16.3 Å². The van der Waals surface area contributed by atoms with E-state index < -0.39 is 17.7 Å². The number of carboxylic acid groups (broad SMARTS) is 1. The van der Waals surface area contributed by atoms with Crippen molar-refractivity contribution in [3.8, 4) is 0 Å². The zero-order valence-corrected chi connectivity index (χ0v) is 12.0. The number of ketones is 1. The first-order valence-corrected chi connectivity index (χ1v) is 6.84. The van der Waals surface area contributed by atoms with Gasteiger partial charge >= 0.3 is 5.97 Å². The van der Waals surface area contributed by atoms with E-state index in [9.17, 15) is 19.5 Å². The van der Waals surface area contributed by atoms with Crippen LogP contribution in [0.25, 0.3) is 0 Å². The molecule has 1 aliphatic rings. The Balaban J connectivity index is 2.03. The van der Waals surface area contributed by atoms with Gasteiger partial charge in [-0.2, -0.15) is 0 Å².